The van der Waals surface area contributed by atoms with Gasteiger partial charge in [-0.2, -0.15) is 0 Å². The van der Waals surface area contributed by atoms with Gasteiger partial charge >= 0.3 is 11.9 Å². The van der Waals surface area contributed by atoms with Crippen LogP contribution in [0.25, 0.3) is 0 Å². The zero-order valence-electron chi connectivity index (χ0n) is 7.91. The number of methoxy groups -OCH3 is 1. The minimum Gasteiger partial charge on any atom is -0.466 e. The largest absolute Gasteiger partial charge is 0.466 e. The molecule has 0 aliphatic rings. The first-order chi connectivity index (χ1) is 6.16. The second-order valence-corrected chi connectivity index (χ2v) is 2.41. The fraction of sp³-hybridized carbons (Fsp3) is 0.556. The summed E-state index contributed by atoms with van der Waals surface area (Å²) in [4.78, 5) is 20.9. The first-order valence-electron chi connectivity index (χ1n) is 4.04. The Morgan fingerprint density at radius 1 is 1.38 bits per heavy atom. The Kier molecular flexibility index (Phi) is 6.59. The molecule has 4 heteroatoms. The van der Waals surface area contributed by atoms with Gasteiger partial charge in [-0.05, 0) is 12.8 Å². The van der Waals surface area contributed by atoms with Crippen molar-refractivity contribution in [2.45, 2.75) is 19.8 Å². The van der Waals surface area contributed by atoms with Crippen LogP contribution in [0.3, 0.4) is 0 Å². The van der Waals surface area contributed by atoms with Gasteiger partial charge in [-0.3, -0.25) is 4.79 Å². The monoisotopic (exact) mass is 186 g/mol. The van der Waals surface area contributed by atoms with Gasteiger partial charge in [0.15, 0.2) is 0 Å². The Morgan fingerprint density at radius 3 is 2.62 bits per heavy atom. The van der Waals surface area contributed by atoms with E-state index in [2.05, 4.69) is 9.47 Å². The molecule has 0 rings (SSSR count). The Morgan fingerprint density at radius 2 is 2.08 bits per heavy atom. The molecule has 0 amide bonds. The molecular weight excluding hydrogens is 172 g/mol. The van der Waals surface area contributed by atoms with Gasteiger partial charge in [-0.15, -0.1) is 0 Å². The molecule has 4 nitrogen and oxygen atoms in total. The molecule has 0 saturated carbocycles. The maximum absolute atomic E-state index is 10.6. The summed E-state index contributed by atoms with van der Waals surface area (Å²) < 4.78 is 9.07. The number of rotatable bonds is 5. The van der Waals surface area contributed by atoms with Gasteiger partial charge in [0, 0.05) is 13.0 Å². The number of hydrogen-bond acceptors (Lipinski definition) is 4. The van der Waals surface area contributed by atoms with Crippen LogP contribution in [0.5, 0.6) is 0 Å². The standard InChI is InChI=1S/C9H14O4/c1-8(10)13-7-5-3-4-6-9(11)12-2/h4,6H,3,5,7H2,1-2H3/b6-4+. The Bertz CT molecular complexity index is 196. The molecule has 0 aliphatic carbocycles. The predicted octanol–water partition coefficient (Wildman–Crippen LogP) is 1.06. The third-order valence-corrected chi connectivity index (χ3v) is 1.28. The second kappa shape index (κ2) is 7.34. The molecule has 0 heterocycles. The molecule has 0 radical (unpaired) electrons. The molecule has 0 spiro atoms. The smallest absolute Gasteiger partial charge is 0.330 e. The van der Waals surface area contributed by atoms with E-state index in [9.17, 15) is 9.59 Å². The van der Waals surface area contributed by atoms with Gasteiger partial charge in [0.2, 0.25) is 0 Å². The van der Waals surface area contributed by atoms with Crippen LogP contribution in [-0.4, -0.2) is 25.7 Å². The van der Waals surface area contributed by atoms with E-state index < -0.39 is 0 Å². The average Bonchev–Trinajstić information content (AvgIpc) is 2.10. The van der Waals surface area contributed by atoms with Crippen molar-refractivity contribution in [3.63, 3.8) is 0 Å². The van der Waals surface area contributed by atoms with Gasteiger partial charge < -0.3 is 9.47 Å². The van der Waals surface area contributed by atoms with Crippen molar-refractivity contribution >= 4 is 11.9 Å². The number of esters is 2. The van der Waals surface area contributed by atoms with E-state index in [1.165, 1.54) is 20.1 Å². The van der Waals surface area contributed by atoms with E-state index in [4.69, 9.17) is 0 Å². The summed E-state index contributed by atoms with van der Waals surface area (Å²) in [5, 5.41) is 0. The van der Waals surface area contributed by atoms with Gasteiger partial charge in [0.05, 0.1) is 13.7 Å². The number of ether oxygens (including phenoxy) is 2. The highest BCUT2D eigenvalue weighted by Gasteiger charge is 1.92. The second-order valence-electron chi connectivity index (χ2n) is 2.41. The highest BCUT2D eigenvalue weighted by Crippen LogP contribution is 1.92. The van der Waals surface area contributed by atoms with Crippen molar-refractivity contribution in [2.75, 3.05) is 13.7 Å². The van der Waals surface area contributed by atoms with Crippen LogP contribution in [-0.2, 0) is 19.1 Å². The minimum atomic E-state index is -0.368. The van der Waals surface area contributed by atoms with Crippen LogP contribution in [0.15, 0.2) is 12.2 Å². The lowest BCUT2D eigenvalue weighted by molar-refractivity contribution is -0.141. The molecule has 13 heavy (non-hydrogen) atoms. The first kappa shape index (κ1) is 11.7. The van der Waals surface area contributed by atoms with Gasteiger partial charge in [-0.25, -0.2) is 4.79 Å². The quantitative estimate of drug-likeness (QED) is 0.366. The SMILES string of the molecule is COC(=O)/C=C/CCCOC(C)=O. The number of allylic oxidation sites excluding steroid dienone is 1. The van der Waals surface area contributed by atoms with Gasteiger partial charge in [-0.1, -0.05) is 6.08 Å². The molecule has 0 atom stereocenters. The highest BCUT2D eigenvalue weighted by molar-refractivity contribution is 5.81. The zero-order valence-corrected chi connectivity index (χ0v) is 7.91. The minimum absolute atomic E-state index is 0.281. The maximum Gasteiger partial charge on any atom is 0.330 e. The lowest BCUT2D eigenvalue weighted by Crippen LogP contribution is -1.99. The number of unbranched alkanes of at least 4 members (excludes halogenated alkanes) is 1. The van der Waals surface area contributed by atoms with Crippen LogP contribution in [0, 0.1) is 0 Å². The molecular formula is C9H14O4. The third-order valence-electron chi connectivity index (χ3n) is 1.28. The summed E-state index contributed by atoms with van der Waals surface area (Å²) in [7, 11) is 1.32. The molecule has 0 aromatic rings. The maximum atomic E-state index is 10.6. The predicted molar refractivity (Wildman–Crippen MR) is 47.0 cm³/mol. The van der Waals surface area contributed by atoms with Crippen molar-refractivity contribution in [1.82, 2.24) is 0 Å². The summed E-state index contributed by atoms with van der Waals surface area (Å²) in [6.07, 6.45) is 4.46. The van der Waals surface area contributed by atoms with Crippen molar-refractivity contribution < 1.29 is 19.1 Å². The van der Waals surface area contributed by atoms with Crippen LogP contribution in [0.4, 0.5) is 0 Å². The van der Waals surface area contributed by atoms with Crippen LogP contribution < -0.4 is 0 Å². The molecule has 0 saturated heterocycles. The van der Waals surface area contributed by atoms with Gasteiger partial charge in [0.1, 0.15) is 0 Å². The number of carbonyl (C=O) groups excluding carboxylic acids is 2. The lowest BCUT2D eigenvalue weighted by Gasteiger charge is -1.97. The van der Waals surface area contributed by atoms with Crippen LogP contribution in [0.2, 0.25) is 0 Å². The molecule has 0 bridgehead atoms. The average molecular weight is 186 g/mol. The summed E-state index contributed by atoms with van der Waals surface area (Å²) in [6.45, 7) is 1.76. The fourth-order valence-electron chi connectivity index (χ4n) is 0.665. The van der Waals surface area contributed by atoms with E-state index in [-0.39, 0.29) is 11.9 Å². The molecule has 0 aromatic carbocycles. The van der Waals surface area contributed by atoms with Crippen LogP contribution >= 0.6 is 0 Å². The van der Waals surface area contributed by atoms with E-state index in [1.54, 1.807) is 6.08 Å². The number of carbonyl (C=O) groups is 2. The molecule has 0 unspecified atom stereocenters. The first-order valence-corrected chi connectivity index (χ1v) is 4.04. The lowest BCUT2D eigenvalue weighted by atomic mass is 10.3. The van der Waals surface area contributed by atoms with Crippen LogP contribution in [0.1, 0.15) is 19.8 Å². The van der Waals surface area contributed by atoms with E-state index in [0.29, 0.717) is 19.4 Å². The van der Waals surface area contributed by atoms with Crippen molar-refractivity contribution in [1.29, 1.82) is 0 Å². The van der Waals surface area contributed by atoms with E-state index in [1.807, 2.05) is 0 Å². The van der Waals surface area contributed by atoms with Crippen molar-refractivity contribution in [2.24, 2.45) is 0 Å². The summed E-state index contributed by atoms with van der Waals surface area (Å²) in [5.41, 5.74) is 0. The highest BCUT2D eigenvalue weighted by atomic mass is 16.5. The summed E-state index contributed by atoms with van der Waals surface area (Å²) >= 11 is 0. The normalized spacial score (nSPS) is 10.0. The summed E-state index contributed by atoms with van der Waals surface area (Å²) in [6, 6.07) is 0. The molecule has 0 fully saturated rings. The van der Waals surface area contributed by atoms with Gasteiger partial charge in [0.25, 0.3) is 0 Å². The topological polar surface area (TPSA) is 52.6 Å². The molecule has 0 aromatic heterocycles. The Balaban J connectivity index is 3.30. The molecule has 0 N–H and O–H groups in total. The van der Waals surface area contributed by atoms with E-state index >= 15 is 0 Å². The van der Waals surface area contributed by atoms with Crippen molar-refractivity contribution in [3.05, 3.63) is 12.2 Å². The zero-order chi connectivity index (χ0) is 10.1. The van der Waals surface area contributed by atoms with E-state index in [0.717, 1.165) is 0 Å². The Labute approximate surface area is 77.5 Å². The third kappa shape index (κ3) is 8.59. The number of hydrogen-bond donors (Lipinski definition) is 0. The summed E-state index contributed by atoms with van der Waals surface area (Å²) in [5.74, 6) is -0.649. The Hall–Kier alpha value is -1.32. The fourth-order valence-corrected chi connectivity index (χ4v) is 0.665. The molecule has 74 valence electrons. The van der Waals surface area contributed by atoms with Crippen molar-refractivity contribution in [3.8, 4) is 0 Å². The molecule has 0 aliphatic heterocycles.